The van der Waals surface area contributed by atoms with Crippen LogP contribution >= 0.6 is 11.3 Å². The summed E-state index contributed by atoms with van der Waals surface area (Å²) in [6.07, 6.45) is 6.43. The molecule has 0 bridgehead atoms. The van der Waals surface area contributed by atoms with Crippen molar-refractivity contribution in [2.75, 3.05) is 26.3 Å². The van der Waals surface area contributed by atoms with Gasteiger partial charge >= 0.3 is 0 Å². The average molecular weight is 512 g/mol. The molecule has 2 aliphatic rings. The predicted molar refractivity (Wildman–Crippen MR) is 133 cm³/mol. The summed E-state index contributed by atoms with van der Waals surface area (Å²) in [7, 11) is -3.58. The first-order chi connectivity index (χ1) is 16.9. The van der Waals surface area contributed by atoms with Crippen molar-refractivity contribution >= 4 is 37.5 Å². The van der Waals surface area contributed by atoms with Crippen LogP contribution in [0.25, 0.3) is 10.2 Å². The first-order valence-electron chi connectivity index (χ1n) is 11.4. The van der Waals surface area contributed by atoms with E-state index in [-0.39, 0.29) is 36.4 Å². The van der Waals surface area contributed by atoms with Gasteiger partial charge in [-0.3, -0.25) is 4.79 Å². The third-order valence-electron chi connectivity index (χ3n) is 6.26. The molecule has 2 aliphatic heterocycles. The van der Waals surface area contributed by atoms with Crippen LogP contribution in [0.1, 0.15) is 18.4 Å². The van der Waals surface area contributed by atoms with Gasteiger partial charge < -0.3 is 14.0 Å². The Kier molecular flexibility index (Phi) is 6.40. The first-order valence-corrected chi connectivity index (χ1v) is 13.6. The number of sulfonamides is 1. The first kappa shape index (κ1) is 23.6. The van der Waals surface area contributed by atoms with E-state index in [0.29, 0.717) is 42.4 Å². The van der Waals surface area contributed by atoms with Gasteiger partial charge in [-0.1, -0.05) is 35.0 Å². The van der Waals surface area contributed by atoms with Crippen LogP contribution in [0.2, 0.25) is 0 Å². The lowest BCUT2D eigenvalue weighted by atomic mass is 9.98. The molecule has 1 amide bonds. The van der Waals surface area contributed by atoms with Crippen LogP contribution in [0.15, 0.2) is 46.3 Å². The second-order valence-corrected chi connectivity index (χ2v) is 11.5. The molecule has 3 heterocycles. The fourth-order valence-electron chi connectivity index (χ4n) is 4.32. The molecule has 0 aliphatic carbocycles. The summed E-state index contributed by atoms with van der Waals surface area (Å²) in [5.41, 5.74) is 1.83. The summed E-state index contributed by atoms with van der Waals surface area (Å²) in [6.45, 7) is 3.70. The molecule has 35 heavy (non-hydrogen) atoms. The number of ether oxygens (including phenoxy) is 2. The molecule has 10 heteroatoms. The summed E-state index contributed by atoms with van der Waals surface area (Å²) in [5.74, 6) is 3.34. The molecular weight excluding hydrogens is 486 g/mol. The second kappa shape index (κ2) is 9.49. The molecule has 182 valence electrons. The van der Waals surface area contributed by atoms with Crippen molar-refractivity contribution in [3.8, 4) is 23.8 Å². The number of aryl methyl sites for hydroxylation is 1. The molecule has 2 aromatic carbocycles. The molecule has 1 fully saturated rings. The van der Waals surface area contributed by atoms with Crippen LogP contribution in [0.4, 0.5) is 0 Å². The fourth-order valence-corrected chi connectivity index (χ4v) is 6.84. The van der Waals surface area contributed by atoms with E-state index in [1.165, 1.54) is 15.6 Å². The molecule has 0 N–H and O–H groups in total. The van der Waals surface area contributed by atoms with Gasteiger partial charge in [0.05, 0.1) is 21.7 Å². The number of nitrogens with zero attached hydrogens (tertiary/aromatic N) is 3. The lowest BCUT2D eigenvalue weighted by Gasteiger charge is -2.29. The van der Waals surface area contributed by atoms with E-state index in [9.17, 15) is 13.2 Å². The molecule has 0 spiro atoms. The molecule has 0 atom stereocenters. The zero-order chi connectivity index (χ0) is 24.6. The monoisotopic (exact) mass is 511 g/mol. The van der Waals surface area contributed by atoms with E-state index in [4.69, 9.17) is 15.9 Å². The Morgan fingerprint density at radius 2 is 1.80 bits per heavy atom. The molecule has 5 rings (SSSR count). The number of benzene rings is 2. The summed E-state index contributed by atoms with van der Waals surface area (Å²) in [5, 5.41) is 0. The number of fused-ring (bicyclic) bond motifs is 2. The number of carbonyl (C=O) groups is 1. The van der Waals surface area contributed by atoms with Crippen LogP contribution in [0.3, 0.4) is 0 Å². The van der Waals surface area contributed by atoms with Gasteiger partial charge in [-0.2, -0.15) is 9.30 Å². The Bertz CT molecular complexity index is 1490. The lowest BCUT2D eigenvalue weighted by Crippen LogP contribution is -2.40. The van der Waals surface area contributed by atoms with Gasteiger partial charge in [0.2, 0.25) is 10.0 Å². The maximum Gasteiger partial charge on any atom is 0.251 e. The summed E-state index contributed by atoms with van der Waals surface area (Å²) in [4.78, 5) is 18.3. The third-order valence-corrected chi connectivity index (χ3v) is 9.22. The lowest BCUT2D eigenvalue weighted by molar-refractivity contribution is -0.122. The highest BCUT2D eigenvalue weighted by Gasteiger charge is 2.32. The van der Waals surface area contributed by atoms with E-state index in [0.717, 1.165) is 15.8 Å². The van der Waals surface area contributed by atoms with E-state index >= 15 is 0 Å². The molecule has 0 unspecified atom stereocenters. The molecule has 1 aromatic heterocycles. The van der Waals surface area contributed by atoms with Gasteiger partial charge in [-0.25, -0.2) is 8.42 Å². The molecule has 3 aromatic rings. The Morgan fingerprint density at radius 3 is 2.46 bits per heavy atom. The number of aromatic nitrogens is 1. The Labute approximate surface area is 207 Å². The molecule has 0 radical (unpaired) electrons. The van der Waals surface area contributed by atoms with Gasteiger partial charge in [-0.15, -0.1) is 6.42 Å². The van der Waals surface area contributed by atoms with Gasteiger partial charge in [0, 0.05) is 31.1 Å². The number of piperidine rings is 1. The minimum atomic E-state index is -3.58. The van der Waals surface area contributed by atoms with E-state index < -0.39 is 10.0 Å². The van der Waals surface area contributed by atoms with Crippen molar-refractivity contribution in [1.82, 2.24) is 8.87 Å². The standard InChI is InChI=1S/C25H25N3O5S2/c1-3-10-28-20-15-21-22(33-14-13-32-21)16-23(20)34-25(28)26-24(29)18-8-11-27(12-9-18)35(30,31)19-6-4-17(2)5-7-19/h1,4-7,15-16,18H,8-14H2,2H3. The molecule has 0 saturated carbocycles. The summed E-state index contributed by atoms with van der Waals surface area (Å²) >= 11 is 1.37. The van der Waals surface area contributed by atoms with Crippen molar-refractivity contribution < 1.29 is 22.7 Å². The van der Waals surface area contributed by atoms with Gasteiger partial charge in [0.15, 0.2) is 16.3 Å². The number of terminal acetylenes is 1. The Balaban J connectivity index is 1.37. The zero-order valence-electron chi connectivity index (χ0n) is 19.3. The highest BCUT2D eigenvalue weighted by Crippen LogP contribution is 2.35. The van der Waals surface area contributed by atoms with Crippen LogP contribution in [0.5, 0.6) is 11.5 Å². The van der Waals surface area contributed by atoms with E-state index in [2.05, 4.69) is 10.9 Å². The minimum absolute atomic E-state index is 0.257. The zero-order valence-corrected chi connectivity index (χ0v) is 20.9. The molecule has 8 nitrogen and oxygen atoms in total. The SMILES string of the molecule is C#CCn1c(=NC(=O)C2CCN(S(=O)(=O)c3ccc(C)cc3)CC2)sc2cc3c(cc21)OCCO3. The predicted octanol–water partition coefficient (Wildman–Crippen LogP) is 2.94. The van der Waals surface area contributed by atoms with Crippen molar-refractivity contribution in [3.63, 3.8) is 0 Å². The fraction of sp³-hybridized carbons (Fsp3) is 0.360. The quantitative estimate of drug-likeness (QED) is 0.503. The van der Waals surface area contributed by atoms with Gasteiger partial charge in [-0.05, 0) is 31.9 Å². The van der Waals surface area contributed by atoms with Crippen molar-refractivity contribution in [2.24, 2.45) is 10.9 Å². The van der Waals surface area contributed by atoms with Gasteiger partial charge in [0.25, 0.3) is 5.91 Å². The largest absolute Gasteiger partial charge is 0.486 e. The number of hydrogen-bond acceptors (Lipinski definition) is 6. The maximum atomic E-state index is 13.1. The summed E-state index contributed by atoms with van der Waals surface area (Å²) < 4.78 is 41.5. The smallest absolute Gasteiger partial charge is 0.251 e. The number of thiazole rings is 1. The Hall–Kier alpha value is -3.13. The number of carbonyl (C=O) groups excluding carboxylic acids is 1. The molecular formula is C25H25N3O5S2. The van der Waals surface area contributed by atoms with Crippen LogP contribution < -0.4 is 14.3 Å². The topological polar surface area (TPSA) is 90.2 Å². The maximum absolute atomic E-state index is 13.1. The van der Waals surface area contributed by atoms with E-state index in [1.807, 2.05) is 23.6 Å². The third kappa shape index (κ3) is 4.59. The average Bonchev–Trinajstić information content (AvgIpc) is 3.18. The van der Waals surface area contributed by atoms with Crippen molar-refractivity contribution in [3.05, 3.63) is 46.8 Å². The highest BCUT2D eigenvalue weighted by atomic mass is 32.2. The Morgan fingerprint density at radius 1 is 1.14 bits per heavy atom. The normalized spacial score (nSPS) is 17.4. The van der Waals surface area contributed by atoms with Crippen molar-refractivity contribution in [2.45, 2.75) is 31.2 Å². The van der Waals surface area contributed by atoms with Gasteiger partial charge in [0.1, 0.15) is 13.2 Å². The second-order valence-electron chi connectivity index (χ2n) is 8.58. The van der Waals surface area contributed by atoms with Crippen LogP contribution in [0, 0.1) is 25.2 Å². The van der Waals surface area contributed by atoms with Crippen molar-refractivity contribution in [1.29, 1.82) is 0 Å². The number of hydrogen-bond donors (Lipinski definition) is 0. The van der Waals surface area contributed by atoms with Crippen LogP contribution in [-0.2, 0) is 21.4 Å². The van der Waals surface area contributed by atoms with Crippen LogP contribution in [-0.4, -0.2) is 49.5 Å². The number of rotatable bonds is 4. The molecule has 1 saturated heterocycles. The number of amides is 1. The summed E-state index contributed by atoms with van der Waals surface area (Å²) in [6, 6.07) is 10.6. The highest BCUT2D eigenvalue weighted by molar-refractivity contribution is 7.89. The minimum Gasteiger partial charge on any atom is -0.486 e. The van der Waals surface area contributed by atoms with E-state index in [1.54, 1.807) is 24.3 Å².